The summed E-state index contributed by atoms with van der Waals surface area (Å²) in [5.74, 6) is 0.971. The normalized spacial score (nSPS) is 22.9. The van der Waals surface area contributed by atoms with E-state index in [1.54, 1.807) is 6.07 Å². The minimum absolute atomic E-state index is 0. The molecule has 1 aromatic rings. The van der Waals surface area contributed by atoms with Crippen molar-refractivity contribution < 1.29 is 17.5 Å². The van der Waals surface area contributed by atoms with Crippen molar-refractivity contribution in [2.24, 2.45) is 10.9 Å². The molecule has 0 aromatic heterocycles. The van der Waals surface area contributed by atoms with Crippen LogP contribution in [0.3, 0.4) is 0 Å². The number of halogens is 2. The van der Waals surface area contributed by atoms with Crippen LogP contribution in [0.15, 0.2) is 29.3 Å². The Morgan fingerprint density at radius 1 is 1.26 bits per heavy atom. The first kappa shape index (κ1) is 22.4. The van der Waals surface area contributed by atoms with Gasteiger partial charge in [0.1, 0.15) is 5.82 Å². The molecule has 9 heteroatoms. The summed E-state index contributed by atoms with van der Waals surface area (Å²) < 4.78 is 42.0. The van der Waals surface area contributed by atoms with E-state index in [-0.39, 0.29) is 53.3 Å². The highest BCUT2D eigenvalue weighted by Crippen LogP contribution is 2.17. The van der Waals surface area contributed by atoms with E-state index < -0.39 is 9.84 Å². The van der Waals surface area contributed by atoms with Crippen molar-refractivity contribution in [2.75, 3.05) is 31.3 Å². The molecule has 2 heterocycles. The lowest BCUT2D eigenvalue weighted by Crippen LogP contribution is -2.47. The summed E-state index contributed by atoms with van der Waals surface area (Å²) in [5.41, 5.74) is 0.793. The standard InChI is InChI=1S/C18H26FN3O3S.HI/c19-16-3-1-2-14(10-16)11-20-18(22-17-4-7-25-8-5-17)21-12-15-6-9-26(23,24)13-15;/h1-3,10,15,17H,4-9,11-13H2,(H2,20,21,22);1H. The molecule has 2 saturated heterocycles. The molecule has 6 nitrogen and oxygen atoms in total. The van der Waals surface area contributed by atoms with Gasteiger partial charge in [-0.15, -0.1) is 24.0 Å². The number of nitrogens with one attached hydrogen (secondary N) is 2. The second-order valence-corrected chi connectivity index (χ2v) is 9.20. The number of aliphatic imine (C=N–C) groups is 1. The molecule has 2 fully saturated rings. The molecule has 2 N–H and O–H groups in total. The topological polar surface area (TPSA) is 79.8 Å². The summed E-state index contributed by atoms with van der Waals surface area (Å²) in [5, 5.41) is 6.67. The van der Waals surface area contributed by atoms with Gasteiger partial charge >= 0.3 is 0 Å². The predicted octanol–water partition coefficient (Wildman–Crippen LogP) is 2.09. The Balaban J connectivity index is 0.00000261. The van der Waals surface area contributed by atoms with Gasteiger partial charge in [-0.3, -0.25) is 0 Å². The van der Waals surface area contributed by atoms with Gasteiger partial charge in [-0.25, -0.2) is 17.8 Å². The van der Waals surface area contributed by atoms with Crippen LogP contribution in [0.25, 0.3) is 0 Å². The van der Waals surface area contributed by atoms with Crippen LogP contribution < -0.4 is 10.6 Å². The van der Waals surface area contributed by atoms with Crippen molar-refractivity contribution in [3.63, 3.8) is 0 Å². The van der Waals surface area contributed by atoms with Crippen LogP contribution in [0.5, 0.6) is 0 Å². The van der Waals surface area contributed by atoms with Crippen LogP contribution in [-0.4, -0.2) is 51.7 Å². The largest absolute Gasteiger partial charge is 0.381 e. The maximum atomic E-state index is 13.3. The number of benzene rings is 1. The predicted molar refractivity (Wildman–Crippen MR) is 115 cm³/mol. The molecule has 27 heavy (non-hydrogen) atoms. The number of hydrogen-bond acceptors (Lipinski definition) is 4. The molecule has 2 aliphatic rings. The fraction of sp³-hybridized carbons (Fsp3) is 0.611. The van der Waals surface area contributed by atoms with Crippen LogP contribution in [0, 0.1) is 11.7 Å². The molecule has 3 rings (SSSR count). The second-order valence-electron chi connectivity index (χ2n) is 6.98. The third-order valence-corrected chi connectivity index (χ3v) is 6.59. The summed E-state index contributed by atoms with van der Waals surface area (Å²) in [6.45, 7) is 2.36. The smallest absolute Gasteiger partial charge is 0.191 e. The number of rotatable bonds is 5. The van der Waals surface area contributed by atoms with Gasteiger partial charge in [0, 0.05) is 25.8 Å². The molecule has 0 amide bonds. The van der Waals surface area contributed by atoms with Crippen molar-refractivity contribution in [1.29, 1.82) is 0 Å². The zero-order valence-electron chi connectivity index (χ0n) is 15.2. The number of ether oxygens (including phenoxy) is 1. The Morgan fingerprint density at radius 2 is 2.04 bits per heavy atom. The monoisotopic (exact) mass is 511 g/mol. The lowest BCUT2D eigenvalue weighted by Gasteiger charge is -2.25. The van der Waals surface area contributed by atoms with Gasteiger partial charge in [-0.2, -0.15) is 0 Å². The van der Waals surface area contributed by atoms with Crippen molar-refractivity contribution in [1.82, 2.24) is 10.6 Å². The first-order valence-corrected chi connectivity index (χ1v) is 10.9. The van der Waals surface area contributed by atoms with E-state index in [2.05, 4.69) is 15.6 Å². The van der Waals surface area contributed by atoms with E-state index in [9.17, 15) is 12.8 Å². The lowest BCUT2D eigenvalue weighted by atomic mass is 10.1. The number of guanidine groups is 1. The SMILES string of the molecule is I.O=S1(=O)CCC(CNC(=NCc2cccc(F)c2)NC2CCOCC2)C1. The van der Waals surface area contributed by atoms with Gasteiger partial charge in [0.15, 0.2) is 15.8 Å². The Morgan fingerprint density at radius 3 is 2.70 bits per heavy atom. The molecule has 1 atom stereocenters. The number of nitrogens with zero attached hydrogens (tertiary/aromatic N) is 1. The van der Waals surface area contributed by atoms with Crippen LogP contribution in [-0.2, 0) is 21.1 Å². The van der Waals surface area contributed by atoms with Gasteiger partial charge in [0.2, 0.25) is 0 Å². The van der Waals surface area contributed by atoms with E-state index in [1.807, 2.05) is 6.07 Å². The maximum absolute atomic E-state index is 13.3. The van der Waals surface area contributed by atoms with Gasteiger partial charge in [-0.05, 0) is 42.9 Å². The Hall–Kier alpha value is -0.940. The summed E-state index contributed by atoms with van der Waals surface area (Å²) in [7, 11) is -2.89. The lowest BCUT2D eigenvalue weighted by molar-refractivity contribution is 0.0822. The fourth-order valence-corrected chi connectivity index (χ4v) is 5.13. The molecule has 0 spiro atoms. The summed E-state index contributed by atoms with van der Waals surface area (Å²) in [6, 6.07) is 6.66. The van der Waals surface area contributed by atoms with Gasteiger partial charge in [0.05, 0.1) is 18.1 Å². The van der Waals surface area contributed by atoms with Gasteiger partial charge < -0.3 is 15.4 Å². The minimum atomic E-state index is -2.89. The number of sulfone groups is 1. The summed E-state index contributed by atoms with van der Waals surface area (Å²) in [4.78, 5) is 4.56. The Bertz CT molecular complexity index is 739. The Kier molecular flexibility index (Phi) is 8.74. The average molecular weight is 511 g/mol. The average Bonchev–Trinajstić information content (AvgIpc) is 2.97. The fourth-order valence-electron chi connectivity index (χ4n) is 3.27. The van der Waals surface area contributed by atoms with E-state index in [4.69, 9.17) is 4.74 Å². The molecule has 0 saturated carbocycles. The van der Waals surface area contributed by atoms with Crippen molar-refractivity contribution in [2.45, 2.75) is 31.8 Å². The highest BCUT2D eigenvalue weighted by molar-refractivity contribution is 14.0. The molecular weight excluding hydrogens is 484 g/mol. The highest BCUT2D eigenvalue weighted by atomic mass is 127. The van der Waals surface area contributed by atoms with Gasteiger partial charge in [-0.1, -0.05) is 12.1 Å². The highest BCUT2D eigenvalue weighted by Gasteiger charge is 2.28. The van der Waals surface area contributed by atoms with E-state index >= 15 is 0 Å². The van der Waals surface area contributed by atoms with Crippen LogP contribution >= 0.6 is 24.0 Å². The zero-order chi connectivity index (χ0) is 18.4. The number of hydrogen-bond donors (Lipinski definition) is 2. The van der Waals surface area contributed by atoms with Crippen LogP contribution in [0.2, 0.25) is 0 Å². The van der Waals surface area contributed by atoms with E-state index in [1.165, 1.54) is 12.1 Å². The molecule has 2 aliphatic heterocycles. The first-order chi connectivity index (χ1) is 12.5. The zero-order valence-corrected chi connectivity index (χ0v) is 18.3. The molecule has 1 unspecified atom stereocenters. The quantitative estimate of drug-likeness (QED) is 0.360. The van der Waals surface area contributed by atoms with Crippen LogP contribution in [0.4, 0.5) is 4.39 Å². The Labute approximate surface area is 177 Å². The molecule has 152 valence electrons. The van der Waals surface area contributed by atoms with Crippen molar-refractivity contribution in [3.8, 4) is 0 Å². The second kappa shape index (κ2) is 10.6. The van der Waals surface area contributed by atoms with E-state index in [0.29, 0.717) is 25.5 Å². The van der Waals surface area contributed by atoms with Crippen LogP contribution in [0.1, 0.15) is 24.8 Å². The van der Waals surface area contributed by atoms with E-state index in [0.717, 1.165) is 31.6 Å². The molecule has 0 radical (unpaired) electrons. The van der Waals surface area contributed by atoms with Crippen molar-refractivity contribution >= 4 is 39.8 Å². The molecule has 1 aromatic carbocycles. The van der Waals surface area contributed by atoms with Crippen molar-refractivity contribution in [3.05, 3.63) is 35.6 Å². The summed E-state index contributed by atoms with van der Waals surface area (Å²) >= 11 is 0. The minimum Gasteiger partial charge on any atom is -0.381 e. The molecule has 0 aliphatic carbocycles. The molecule has 0 bridgehead atoms. The summed E-state index contributed by atoms with van der Waals surface area (Å²) in [6.07, 6.45) is 2.49. The first-order valence-electron chi connectivity index (χ1n) is 9.08. The third kappa shape index (κ3) is 7.53. The van der Waals surface area contributed by atoms with Gasteiger partial charge in [0.25, 0.3) is 0 Å². The third-order valence-electron chi connectivity index (χ3n) is 4.76. The molecular formula is C18H27FIN3O3S. The maximum Gasteiger partial charge on any atom is 0.191 e.